The van der Waals surface area contributed by atoms with Gasteiger partial charge in [0, 0.05) is 20.0 Å². The Kier molecular flexibility index (Phi) is 4.22. The highest BCUT2D eigenvalue weighted by Gasteiger charge is 2.33. The lowest BCUT2D eigenvalue weighted by molar-refractivity contribution is 0.177. The molecule has 1 heterocycles. The van der Waals surface area contributed by atoms with E-state index in [1.807, 2.05) is 11.9 Å². The molecule has 0 bridgehead atoms. The van der Waals surface area contributed by atoms with Gasteiger partial charge in [-0.15, -0.1) is 0 Å². The summed E-state index contributed by atoms with van der Waals surface area (Å²) >= 11 is 0. The van der Waals surface area contributed by atoms with Crippen molar-refractivity contribution in [3.8, 4) is 0 Å². The van der Waals surface area contributed by atoms with E-state index in [2.05, 4.69) is 17.1 Å². The Hall–Kier alpha value is -1.10. The molecule has 0 saturated heterocycles. The molecule has 0 spiro atoms. The lowest BCUT2D eigenvalue weighted by Gasteiger charge is -2.34. The molecular weight excluding hydrogens is 228 g/mol. The van der Waals surface area contributed by atoms with Crippen molar-refractivity contribution in [1.82, 2.24) is 10.1 Å². The van der Waals surface area contributed by atoms with Crippen molar-refractivity contribution in [3.05, 3.63) is 5.89 Å². The van der Waals surface area contributed by atoms with E-state index in [-0.39, 0.29) is 5.41 Å². The van der Waals surface area contributed by atoms with Crippen LogP contribution in [-0.4, -0.2) is 30.3 Å². The summed E-state index contributed by atoms with van der Waals surface area (Å²) in [5, 5.41) is 4.02. The molecule has 0 amide bonds. The van der Waals surface area contributed by atoms with Gasteiger partial charge in [0.05, 0.1) is 0 Å². The summed E-state index contributed by atoms with van der Waals surface area (Å²) in [6.07, 6.45) is 7.07. The molecule has 102 valence electrons. The smallest absolute Gasteiger partial charge is 0.265 e. The first-order chi connectivity index (χ1) is 8.69. The molecule has 2 N–H and O–H groups in total. The Morgan fingerprint density at radius 2 is 2.06 bits per heavy atom. The van der Waals surface area contributed by atoms with Gasteiger partial charge in [0.15, 0.2) is 0 Å². The number of hydrogen-bond acceptors (Lipinski definition) is 5. The molecule has 18 heavy (non-hydrogen) atoms. The van der Waals surface area contributed by atoms with Crippen LogP contribution in [0.2, 0.25) is 0 Å². The average molecular weight is 252 g/mol. The molecule has 0 unspecified atom stereocenters. The Morgan fingerprint density at radius 1 is 1.33 bits per heavy atom. The fourth-order valence-corrected chi connectivity index (χ4v) is 2.69. The van der Waals surface area contributed by atoms with E-state index in [4.69, 9.17) is 10.3 Å². The Balaban J connectivity index is 2.05. The Labute approximate surface area is 109 Å². The minimum Gasteiger partial charge on any atom is -0.342 e. The third kappa shape index (κ3) is 2.83. The lowest BCUT2D eigenvalue weighted by atomic mass is 9.72. The van der Waals surface area contributed by atoms with E-state index in [0.29, 0.717) is 12.5 Å². The molecule has 0 aliphatic heterocycles. The second kappa shape index (κ2) is 5.69. The summed E-state index contributed by atoms with van der Waals surface area (Å²) in [6, 6.07) is 0. The molecule has 1 fully saturated rings. The fraction of sp³-hybridized carbons (Fsp3) is 0.846. The minimum absolute atomic E-state index is 0.187. The van der Waals surface area contributed by atoms with Gasteiger partial charge in [0.1, 0.15) is 0 Å². The van der Waals surface area contributed by atoms with Crippen LogP contribution in [0.3, 0.4) is 0 Å². The van der Waals surface area contributed by atoms with E-state index < -0.39 is 0 Å². The molecule has 1 aliphatic carbocycles. The van der Waals surface area contributed by atoms with Crippen LogP contribution in [0.4, 0.5) is 5.95 Å². The molecule has 1 saturated carbocycles. The van der Waals surface area contributed by atoms with E-state index in [1.165, 1.54) is 32.1 Å². The van der Waals surface area contributed by atoms with Crippen molar-refractivity contribution < 1.29 is 4.52 Å². The van der Waals surface area contributed by atoms with Gasteiger partial charge in [-0.25, -0.2) is 0 Å². The monoisotopic (exact) mass is 252 g/mol. The van der Waals surface area contributed by atoms with Crippen LogP contribution in [0.25, 0.3) is 0 Å². The van der Waals surface area contributed by atoms with Gasteiger partial charge in [-0.3, -0.25) is 0 Å². The summed E-state index contributed by atoms with van der Waals surface area (Å²) < 4.78 is 5.36. The molecule has 5 nitrogen and oxygen atoms in total. The number of nitrogens with zero attached hydrogens (tertiary/aromatic N) is 3. The normalized spacial score (nSPS) is 18.8. The maximum atomic E-state index is 5.98. The second-order valence-electron chi connectivity index (χ2n) is 5.44. The molecule has 1 aliphatic rings. The van der Waals surface area contributed by atoms with Crippen LogP contribution in [-0.2, 0) is 6.42 Å². The van der Waals surface area contributed by atoms with Crippen molar-refractivity contribution in [2.75, 3.05) is 25.0 Å². The first-order valence-electron chi connectivity index (χ1n) is 6.93. The molecule has 0 aromatic carbocycles. The van der Waals surface area contributed by atoms with E-state index >= 15 is 0 Å². The molecule has 1 aromatic heterocycles. The van der Waals surface area contributed by atoms with Gasteiger partial charge in [-0.1, -0.05) is 19.3 Å². The maximum absolute atomic E-state index is 5.98. The summed E-state index contributed by atoms with van der Waals surface area (Å²) in [7, 11) is 1.97. The zero-order valence-electron chi connectivity index (χ0n) is 11.5. The van der Waals surface area contributed by atoms with Crippen LogP contribution in [0.15, 0.2) is 4.52 Å². The van der Waals surface area contributed by atoms with Crippen molar-refractivity contribution in [1.29, 1.82) is 0 Å². The van der Waals surface area contributed by atoms with Crippen LogP contribution < -0.4 is 10.6 Å². The number of anilines is 1. The summed E-state index contributed by atoms with van der Waals surface area (Å²) in [5.74, 6) is 1.41. The van der Waals surface area contributed by atoms with Gasteiger partial charge in [0.2, 0.25) is 5.89 Å². The highest BCUT2D eigenvalue weighted by Crippen LogP contribution is 2.38. The van der Waals surface area contributed by atoms with Gasteiger partial charge < -0.3 is 15.2 Å². The van der Waals surface area contributed by atoms with Gasteiger partial charge >= 0.3 is 0 Å². The number of rotatable bonds is 5. The molecular formula is C13H24N4O. The van der Waals surface area contributed by atoms with Gasteiger partial charge in [0.25, 0.3) is 5.95 Å². The Bertz CT molecular complexity index is 371. The highest BCUT2D eigenvalue weighted by molar-refractivity contribution is 5.25. The standard InChI is InChI=1S/C13H24N4O/c1-3-17(2)12-15-11(18-16-12)9-13(10-14)7-5-4-6-8-13/h3-10,14H2,1-2H3. The number of hydrogen-bond donors (Lipinski definition) is 1. The van der Waals surface area contributed by atoms with Crippen LogP contribution in [0, 0.1) is 5.41 Å². The SMILES string of the molecule is CCN(C)c1noc(CC2(CN)CCCCC2)n1. The Morgan fingerprint density at radius 3 is 2.67 bits per heavy atom. The zero-order chi connectivity index (χ0) is 13.0. The predicted octanol–water partition coefficient (Wildman–Crippen LogP) is 1.98. The second-order valence-corrected chi connectivity index (χ2v) is 5.44. The van der Waals surface area contributed by atoms with Crippen LogP contribution in [0.5, 0.6) is 0 Å². The van der Waals surface area contributed by atoms with Gasteiger partial charge in [-0.2, -0.15) is 4.98 Å². The van der Waals surface area contributed by atoms with E-state index in [1.54, 1.807) is 0 Å². The molecule has 5 heteroatoms. The van der Waals surface area contributed by atoms with E-state index in [0.717, 1.165) is 18.9 Å². The molecule has 2 rings (SSSR count). The molecule has 0 atom stereocenters. The molecule has 1 aromatic rings. The third-order valence-electron chi connectivity index (χ3n) is 4.15. The van der Waals surface area contributed by atoms with Crippen molar-refractivity contribution in [2.45, 2.75) is 45.4 Å². The predicted molar refractivity (Wildman–Crippen MR) is 71.5 cm³/mol. The first kappa shape index (κ1) is 13.3. The quantitative estimate of drug-likeness (QED) is 0.867. The maximum Gasteiger partial charge on any atom is 0.265 e. The van der Waals surface area contributed by atoms with Crippen molar-refractivity contribution in [2.24, 2.45) is 11.1 Å². The van der Waals surface area contributed by atoms with E-state index in [9.17, 15) is 0 Å². The first-order valence-corrected chi connectivity index (χ1v) is 6.93. The fourth-order valence-electron chi connectivity index (χ4n) is 2.69. The largest absolute Gasteiger partial charge is 0.342 e. The minimum atomic E-state index is 0.187. The summed E-state index contributed by atoms with van der Waals surface area (Å²) in [5.41, 5.74) is 6.17. The lowest BCUT2D eigenvalue weighted by Crippen LogP contribution is -2.35. The van der Waals surface area contributed by atoms with Crippen molar-refractivity contribution >= 4 is 5.95 Å². The van der Waals surface area contributed by atoms with Crippen molar-refractivity contribution in [3.63, 3.8) is 0 Å². The number of nitrogens with two attached hydrogens (primary N) is 1. The average Bonchev–Trinajstić information content (AvgIpc) is 2.87. The summed E-state index contributed by atoms with van der Waals surface area (Å²) in [6.45, 7) is 3.66. The molecule has 0 radical (unpaired) electrons. The summed E-state index contributed by atoms with van der Waals surface area (Å²) in [4.78, 5) is 6.44. The van der Waals surface area contributed by atoms with Crippen LogP contribution in [0.1, 0.15) is 44.9 Å². The number of aromatic nitrogens is 2. The van der Waals surface area contributed by atoms with Gasteiger partial charge in [-0.05, 0) is 36.9 Å². The topological polar surface area (TPSA) is 68.2 Å². The zero-order valence-corrected chi connectivity index (χ0v) is 11.5. The third-order valence-corrected chi connectivity index (χ3v) is 4.15. The van der Waals surface area contributed by atoms with Crippen LogP contribution >= 0.6 is 0 Å². The highest BCUT2D eigenvalue weighted by atomic mass is 16.5.